The minimum atomic E-state index is -0.218. The first-order chi connectivity index (χ1) is 15.6. The van der Waals surface area contributed by atoms with Crippen LogP contribution in [0.25, 0.3) is 0 Å². The van der Waals surface area contributed by atoms with Crippen molar-refractivity contribution in [1.82, 2.24) is 0 Å². The van der Waals surface area contributed by atoms with E-state index in [1.54, 1.807) is 4.90 Å². The van der Waals surface area contributed by atoms with Gasteiger partial charge in [-0.25, -0.2) is 4.98 Å². The average Bonchev–Trinajstić information content (AvgIpc) is 2.82. The highest BCUT2D eigenvalue weighted by Crippen LogP contribution is 2.35. The number of nitrogens with one attached hydrogen (secondary N) is 2. The average molecular weight is 471 g/mol. The number of Topliss-reactive ketones (excluding diaryl/α,β-unsaturated/α-hetero) is 1. The SMILES string of the molecule is O=C1c2ccc[nH+]c2N(CCC[NH+]2CCN(c3cccc(Cl)c3)CC2)[C@H]2C=CC(Cl)=C[C@H]12. The van der Waals surface area contributed by atoms with E-state index in [2.05, 4.69) is 26.9 Å². The number of fused-ring (bicyclic) bond motifs is 2. The molecule has 2 aromatic rings. The number of pyridine rings is 1. The van der Waals surface area contributed by atoms with Crippen LogP contribution in [-0.4, -0.2) is 51.1 Å². The van der Waals surface area contributed by atoms with Gasteiger partial charge in [-0.2, -0.15) is 0 Å². The van der Waals surface area contributed by atoms with E-state index in [9.17, 15) is 4.79 Å². The number of piperazine rings is 1. The summed E-state index contributed by atoms with van der Waals surface area (Å²) in [5.41, 5.74) is 1.97. The van der Waals surface area contributed by atoms with Crippen molar-refractivity contribution in [2.24, 2.45) is 5.92 Å². The van der Waals surface area contributed by atoms with Crippen molar-refractivity contribution in [2.45, 2.75) is 12.5 Å². The molecule has 0 saturated carbocycles. The van der Waals surface area contributed by atoms with Crippen LogP contribution in [0.2, 0.25) is 5.02 Å². The molecule has 1 aliphatic carbocycles. The minimum absolute atomic E-state index is 0.0193. The monoisotopic (exact) mass is 470 g/mol. The number of nitrogens with zero attached hydrogens (tertiary/aromatic N) is 2. The zero-order valence-electron chi connectivity index (χ0n) is 17.9. The molecule has 2 aliphatic heterocycles. The van der Waals surface area contributed by atoms with Crippen molar-refractivity contribution in [2.75, 3.05) is 49.1 Å². The van der Waals surface area contributed by atoms with E-state index in [1.807, 2.05) is 48.7 Å². The molecule has 2 N–H and O–H groups in total. The number of benzene rings is 1. The number of carbonyl (C=O) groups excluding carboxylic acids is 1. The number of carbonyl (C=O) groups is 1. The van der Waals surface area contributed by atoms with Gasteiger partial charge in [-0.3, -0.25) is 9.69 Å². The Morgan fingerprint density at radius 3 is 2.78 bits per heavy atom. The van der Waals surface area contributed by atoms with Crippen LogP contribution in [0.5, 0.6) is 0 Å². The highest BCUT2D eigenvalue weighted by molar-refractivity contribution is 6.31. The van der Waals surface area contributed by atoms with Gasteiger partial charge in [0.15, 0.2) is 5.78 Å². The predicted octanol–water partition coefficient (Wildman–Crippen LogP) is 2.63. The summed E-state index contributed by atoms with van der Waals surface area (Å²) >= 11 is 12.4. The molecule has 0 unspecified atom stereocenters. The summed E-state index contributed by atoms with van der Waals surface area (Å²) < 4.78 is 0. The summed E-state index contributed by atoms with van der Waals surface area (Å²) in [5, 5.41) is 1.44. The molecule has 1 aromatic heterocycles. The molecule has 7 heteroatoms. The van der Waals surface area contributed by atoms with Gasteiger partial charge in [0.1, 0.15) is 11.6 Å². The van der Waals surface area contributed by atoms with Crippen LogP contribution in [0.1, 0.15) is 16.8 Å². The standard InChI is InChI=1S/C25H26Cl2N4O/c26-18-4-1-5-20(16-18)30-14-12-29(13-15-30)10-3-11-31-23-8-7-19(27)17-22(23)24(32)21-6-2-9-28-25(21)31/h1-2,4-9,16-17,22-23H,3,10-15H2/p+2/t22-,23-/m0/s1. The maximum Gasteiger partial charge on any atom is 0.285 e. The maximum absolute atomic E-state index is 13.0. The molecule has 5 rings (SSSR count). The Kier molecular flexibility index (Phi) is 6.22. The number of ketones is 1. The Morgan fingerprint density at radius 1 is 1.12 bits per heavy atom. The largest absolute Gasteiger partial charge is 0.360 e. The summed E-state index contributed by atoms with van der Waals surface area (Å²) in [6, 6.07) is 12.0. The van der Waals surface area contributed by atoms with E-state index >= 15 is 0 Å². The van der Waals surface area contributed by atoms with Crippen molar-refractivity contribution in [3.8, 4) is 0 Å². The summed E-state index contributed by atoms with van der Waals surface area (Å²) in [4.78, 5) is 22.8. The number of halogens is 2. The molecule has 5 nitrogen and oxygen atoms in total. The number of aromatic nitrogens is 1. The van der Waals surface area contributed by atoms with Crippen LogP contribution in [0, 0.1) is 5.92 Å². The lowest BCUT2D eigenvalue weighted by Crippen LogP contribution is -3.15. The van der Waals surface area contributed by atoms with Crippen molar-refractivity contribution >= 4 is 40.5 Å². The van der Waals surface area contributed by atoms with Crippen LogP contribution in [0.4, 0.5) is 11.5 Å². The molecule has 0 spiro atoms. The Labute approximate surface area is 198 Å². The van der Waals surface area contributed by atoms with E-state index < -0.39 is 0 Å². The van der Waals surface area contributed by atoms with Crippen LogP contribution >= 0.6 is 23.2 Å². The van der Waals surface area contributed by atoms with Crippen molar-refractivity contribution in [3.05, 3.63) is 76.4 Å². The molecule has 0 amide bonds. The quantitative estimate of drug-likeness (QED) is 0.730. The van der Waals surface area contributed by atoms with Crippen molar-refractivity contribution in [3.63, 3.8) is 0 Å². The normalized spacial score (nSPS) is 23.1. The lowest BCUT2D eigenvalue weighted by atomic mass is 9.83. The van der Waals surface area contributed by atoms with Gasteiger partial charge in [0, 0.05) is 22.2 Å². The molecule has 0 radical (unpaired) electrons. The van der Waals surface area contributed by atoms with Crippen LogP contribution in [0.15, 0.2) is 65.9 Å². The molecule has 1 fully saturated rings. The second kappa shape index (κ2) is 9.26. The summed E-state index contributed by atoms with van der Waals surface area (Å²) in [6.07, 6.45) is 8.85. The fraction of sp³-hybridized carbons (Fsp3) is 0.360. The molecule has 1 aromatic carbocycles. The van der Waals surface area contributed by atoms with Crippen molar-refractivity contribution in [1.29, 1.82) is 0 Å². The van der Waals surface area contributed by atoms with E-state index in [4.69, 9.17) is 23.2 Å². The number of hydrogen-bond donors (Lipinski definition) is 1. The molecule has 3 aliphatic rings. The number of quaternary nitrogens is 1. The van der Waals surface area contributed by atoms with E-state index in [0.717, 1.165) is 62.1 Å². The molecule has 166 valence electrons. The Hall–Kier alpha value is -2.34. The highest BCUT2D eigenvalue weighted by atomic mass is 35.5. The van der Waals surface area contributed by atoms with Crippen LogP contribution in [0.3, 0.4) is 0 Å². The van der Waals surface area contributed by atoms with E-state index in [-0.39, 0.29) is 17.7 Å². The maximum atomic E-state index is 13.0. The summed E-state index contributed by atoms with van der Waals surface area (Å²) in [5.74, 6) is 0.850. The van der Waals surface area contributed by atoms with Crippen LogP contribution in [-0.2, 0) is 0 Å². The third-order valence-electron chi connectivity index (χ3n) is 6.78. The molecular formula is C25H28Cl2N4O+2. The molecule has 0 bridgehead atoms. The van der Waals surface area contributed by atoms with Gasteiger partial charge in [-0.1, -0.05) is 35.3 Å². The second-order valence-corrected chi connectivity index (χ2v) is 9.61. The van der Waals surface area contributed by atoms with Crippen LogP contribution < -0.4 is 19.7 Å². The van der Waals surface area contributed by atoms with Gasteiger partial charge < -0.3 is 9.80 Å². The molecular weight excluding hydrogens is 443 g/mol. The Balaban J connectivity index is 1.21. The predicted molar refractivity (Wildman–Crippen MR) is 129 cm³/mol. The van der Waals surface area contributed by atoms with Gasteiger partial charge in [-0.05, 0) is 42.5 Å². The lowest BCUT2D eigenvalue weighted by molar-refractivity contribution is -0.900. The molecule has 32 heavy (non-hydrogen) atoms. The molecule has 2 atom stereocenters. The zero-order valence-corrected chi connectivity index (χ0v) is 19.4. The van der Waals surface area contributed by atoms with Gasteiger partial charge in [0.25, 0.3) is 5.82 Å². The minimum Gasteiger partial charge on any atom is -0.360 e. The van der Waals surface area contributed by atoms with E-state index in [1.165, 1.54) is 5.69 Å². The number of rotatable bonds is 5. The number of aromatic amines is 1. The number of H-pyrrole nitrogens is 1. The molecule has 1 saturated heterocycles. The third kappa shape index (κ3) is 4.29. The number of hydrogen-bond acceptors (Lipinski definition) is 3. The Morgan fingerprint density at radius 2 is 1.97 bits per heavy atom. The fourth-order valence-electron chi connectivity index (χ4n) is 5.12. The zero-order chi connectivity index (χ0) is 22.1. The first kappa shape index (κ1) is 21.5. The second-order valence-electron chi connectivity index (χ2n) is 8.74. The van der Waals surface area contributed by atoms with Gasteiger partial charge >= 0.3 is 0 Å². The lowest BCUT2D eigenvalue weighted by Gasteiger charge is -2.36. The third-order valence-corrected chi connectivity index (χ3v) is 7.27. The number of anilines is 2. The number of allylic oxidation sites excluding steroid dienone is 2. The van der Waals surface area contributed by atoms with Gasteiger partial charge in [0.05, 0.1) is 51.4 Å². The van der Waals surface area contributed by atoms with Gasteiger partial charge in [-0.15, -0.1) is 0 Å². The van der Waals surface area contributed by atoms with Gasteiger partial charge in [0.2, 0.25) is 0 Å². The summed E-state index contributed by atoms with van der Waals surface area (Å²) in [6.45, 7) is 6.35. The Bertz CT molecular complexity index is 1060. The topological polar surface area (TPSA) is 42.1 Å². The van der Waals surface area contributed by atoms with Crippen molar-refractivity contribution < 1.29 is 14.7 Å². The smallest absolute Gasteiger partial charge is 0.285 e. The first-order valence-electron chi connectivity index (χ1n) is 11.3. The molecule has 3 heterocycles. The summed E-state index contributed by atoms with van der Waals surface area (Å²) in [7, 11) is 0. The highest BCUT2D eigenvalue weighted by Gasteiger charge is 2.44. The van der Waals surface area contributed by atoms with E-state index in [0.29, 0.717) is 5.03 Å². The first-order valence-corrected chi connectivity index (χ1v) is 12.1. The fourth-order valence-corrected chi connectivity index (χ4v) is 5.51.